The maximum atomic E-state index is 14.3. The first-order valence-electron chi connectivity index (χ1n) is 16.1. The highest BCUT2D eigenvalue weighted by Gasteiger charge is 2.46. The SMILES string of the molecule is CCC(C=NC1(C)N=CC(C(F)F)C(C)(NCc2ccc(C)cc2N(C)S(C)(=O)=O)N1)C(C)CC(O)NC1CCN(CC)CC1. The highest BCUT2D eigenvalue weighted by Crippen LogP contribution is 2.31. The third kappa shape index (κ3) is 10.2. The average Bonchev–Trinajstić information content (AvgIpc) is 2.96. The zero-order valence-electron chi connectivity index (χ0n) is 28.2. The van der Waals surface area contributed by atoms with Crippen LogP contribution in [-0.2, 0) is 16.6 Å². The lowest BCUT2D eigenvalue weighted by molar-refractivity contribution is 0.0253. The molecule has 6 atom stereocenters. The van der Waals surface area contributed by atoms with Gasteiger partial charge in [0, 0.05) is 32.1 Å². The smallest absolute Gasteiger partial charge is 0.249 e. The largest absolute Gasteiger partial charge is 0.379 e. The molecule has 0 radical (unpaired) electrons. The summed E-state index contributed by atoms with van der Waals surface area (Å²) in [7, 11) is -2.05. The van der Waals surface area contributed by atoms with Crippen LogP contribution in [0.2, 0.25) is 0 Å². The summed E-state index contributed by atoms with van der Waals surface area (Å²) in [6.07, 6.45) is 4.32. The summed E-state index contributed by atoms with van der Waals surface area (Å²) in [5.41, 5.74) is 0.705. The molecule has 13 heteroatoms. The van der Waals surface area contributed by atoms with Crippen molar-refractivity contribution in [3.8, 4) is 0 Å². The molecular formula is C32H55F2N7O3S. The Morgan fingerprint density at radius 3 is 2.51 bits per heavy atom. The van der Waals surface area contributed by atoms with Crippen LogP contribution in [0.25, 0.3) is 0 Å². The number of halogens is 2. The number of aliphatic imine (C=N–C) groups is 2. The summed E-state index contributed by atoms with van der Waals surface area (Å²) < 4.78 is 54.4. The summed E-state index contributed by atoms with van der Waals surface area (Å²) in [4.78, 5) is 11.6. The topological polar surface area (TPSA) is 122 Å². The lowest BCUT2D eigenvalue weighted by Crippen LogP contribution is -2.69. The summed E-state index contributed by atoms with van der Waals surface area (Å²) in [5.74, 6) is -2.29. The van der Waals surface area contributed by atoms with Gasteiger partial charge in [0.25, 0.3) is 0 Å². The number of alkyl halides is 2. The molecule has 0 saturated carbocycles. The molecule has 45 heavy (non-hydrogen) atoms. The Bertz CT molecular complexity index is 1280. The standard InChI is InChI=1S/C32H55F2N7O3S/c1-9-24(23(4)18-29(42)38-26-13-15-41(10-2)16-14-26)19-36-32(6)37-21-27(30(33)34)31(5,39-32)35-20-25-12-11-22(3)17-28(25)40(7)45(8,43)44/h11-12,17,19,21,23-24,26-27,29-30,35,38-39,42H,9-10,13-16,18,20H2,1-8H3. The van der Waals surface area contributed by atoms with E-state index in [2.05, 4.69) is 46.6 Å². The molecule has 3 rings (SSSR count). The van der Waals surface area contributed by atoms with Crippen LogP contribution in [0.3, 0.4) is 0 Å². The molecule has 2 aliphatic rings. The first-order chi connectivity index (χ1) is 21.0. The maximum Gasteiger partial charge on any atom is 0.249 e. The number of rotatable bonds is 15. The van der Waals surface area contributed by atoms with Crippen molar-refractivity contribution in [2.75, 3.05) is 37.2 Å². The second-order valence-electron chi connectivity index (χ2n) is 13.2. The van der Waals surface area contributed by atoms with E-state index >= 15 is 0 Å². The lowest BCUT2D eigenvalue weighted by atomic mass is 9.89. The first kappa shape index (κ1) is 37.4. The Morgan fingerprint density at radius 1 is 1.27 bits per heavy atom. The Hall–Kier alpha value is -2.03. The van der Waals surface area contributed by atoms with Gasteiger partial charge in [-0.2, -0.15) is 0 Å². The normalized spacial score (nSPS) is 27.2. The van der Waals surface area contributed by atoms with Crippen LogP contribution in [0, 0.1) is 24.7 Å². The summed E-state index contributed by atoms with van der Waals surface area (Å²) in [6, 6.07) is 5.74. The van der Waals surface area contributed by atoms with Crippen LogP contribution in [-0.4, -0.2) is 93.9 Å². The fourth-order valence-electron chi connectivity index (χ4n) is 6.28. The van der Waals surface area contributed by atoms with Gasteiger partial charge in [0.2, 0.25) is 22.2 Å². The van der Waals surface area contributed by atoms with E-state index in [1.54, 1.807) is 26.0 Å². The number of aliphatic hydroxyl groups excluding tert-OH is 1. The lowest BCUT2D eigenvalue weighted by Gasteiger charge is -2.45. The van der Waals surface area contributed by atoms with Gasteiger partial charge in [-0.3, -0.25) is 30.2 Å². The van der Waals surface area contributed by atoms with Crippen LogP contribution >= 0.6 is 0 Å². The van der Waals surface area contributed by atoms with E-state index in [0.717, 1.165) is 50.7 Å². The predicted octanol–water partition coefficient (Wildman–Crippen LogP) is 3.94. The van der Waals surface area contributed by atoms with Gasteiger partial charge in [0.1, 0.15) is 6.23 Å². The molecule has 1 aromatic carbocycles. The summed E-state index contributed by atoms with van der Waals surface area (Å²) in [6.45, 7) is 14.9. The molecule has 6 unspecified atom stereocenters. The third-order valence-corrected chi connectivity index (χ3v) is 10.6. The molecule has 1 saturated heterocycles. The number of nitrogens with zero attached hydrogens (tertiary/aromatic N) is 4. The number of benzene rings is 1. The molecule has 1 aromatic rings. The minimum absolute atomic E-state index is 0.0471. The summed E-state index contributed by atoms with van der Waals surface area (Å²) in [5, 5.41) is 20.7. The zero-order valence-corrected chi connectivity index (χ0v) is 29.0. The van der Waals surface area contributed by atoms with Gasteiger partial charge in [-0.15, -0.1) is 0 Å². The molecule has 2 heterocycles. The number of sulfonamides is 1. The molecular weight excluding hydrogens is 600 g/mol. The monoisotopic (exact) mass is 655 g/mol. The van der Waals surface area contributed by atoms with Gasteiger partial charge >= 0.3 is 0 Å². The average molecular weight is 656 g/mol. The number of nitrogens with one attached hydrogen (secondary N) is 3. The second-order valence-corrected chi connectivity index (χ2v) is 15.2. The molecule has 0 amide bonds. The second kappa shape index (κ2) is 15.7. The van der Waals surface area contributed by atoms with Crippen LogP contribution in [0.15, 0.2) is 28.2 Å². The first-order valence-corrected chi connectivity index (χ1v) is 18.0. The van der Waals surface area contributed by atoms with Gasteiger partial charge < -0.3 is 10.0 Å². The number of hydrogen-bond acceptors (Lipinski definition) is 9. The van der Waals surface area contributed by atoms with Gasteiger partial charge in [-0.05, 0) is 95.1 Å². The number of piperidine rings is 1. The van der Waals surface area contributed by atoms with Gasteiger partial charge in [-0.25, -0.2) is 17.2 Å². The van der Waals surface area contributed by atoms with E-state index < -0.39 is 40.0 Å². The van der Waals surface area contributed by atoms with Crippen LogP contribution < -0.4 is 20.3 Å². The highest BCUT2D eigenvalue weighted by molar-refractivity contribution is 7.92. The Balaban J connectivity index is 1.71. The molecule has 10 nitrogen and oxygen atoms in total. The molecule has 256 valence electrons. The number of aryl methyl sites for hydroxylation is 1. The molecule has 0 aliphatic carbocycles. The minimum Gasteiger partial charge on any atom is -0.379 e. The van der Waals surface area contributed by atoms with Crippen molar-refractivity contribution in [3.63, 3.8) is 0 Å². The van der Waals surface area contributed by atoms with Crippen molar-refractivity contribution in [3.05, 3.63) is 29.3 Å². The predicted molar refractivity (Wildman–Crippen MR) is 180 cm³/mol. The number of aliphatic hydroxyl groups is 1. The Morgan fingerprint density at radius 2 is 1.93 bits per heavy atom. The molecule has 0 bridgehead atoms. The van der Waals surface area contributed by atoms with Gasteiger partial charge in [0.05, 0.1) is 23.5 Å². The van der Waals surface area contributed by atoms with E-state index in [1.807, 2.05) is 19.2 Å². The maximum absolute atomic E-state index is 14.3. The van der Waals surface area contributed by atoms with Crippen molar-refractivity contribution >= 4 is 28.1 Å². The van der Waals surface area contributed by atoms with Gasteiger partial charge in [-0.1, -0.05) is 32.9 Å². The van der Waals surface area contributed by atoms with E-state index in [9.17, 15) is 22.3 Å². The fourth-order valence-corrected chi connectivity index (χ4v) is 6.81. The summed E-state index contributed by atoms with van der Waals surface area (Å²) >= 11 is 0. The molecule has 0 aromatic heterocycles. The molecule has 1 fully saturated rings. The van der Waals surface area contributed by atoms with E-state index in [4.69, 9.17) is 4.99 Å². The fraction of sp³-hybridized carbons (Fsp3) is 0.750. The van der Waals surface area contributed by atoms with Crippen LogP contribution in [0.5, 0.6) is 0 Å². The molecule has 2 aliphatic heterocycles. The Kier molecular flexibility index (Phi) is 13.1. The van der Waals surface area contributed by atoms with Crippen molar-refractivity contribution in [2.45, 2.75) is 104 Å². The van der Waals surface area contributed by atoms with Crippen LogP contribution in [0.1, 0.15) is 71.4 Å². The molecule has 0 spiro atoms. The van der Waals surface area contributed by atoms with E-state index in [0.29, 0.717) is 23.7 Å². The quantitative estimate of drug-likeness (QED) is 0.167. The minimum atomic E-state index is -3.53. The van der Waals surface area contributed by atoms with Crippen molar-refractivity contribution in [1.29, 1.82) is 0 Å². The van der Waals surface area contributed by atoms with Gasteiger partial charge in [0.15, 0.2) is 0 Å². The highest BCUT2D eigenvalue weighted by atomic mass is 32.2. The van der Waals surface area contributed by atoms with Crippen LogP contribution in [0.4, 0.5) is 14.5 Å². The van der Waals surface area contributed by atoms with Crippen molar-refractivity contribution in [2.24, 2.45) is 27.7 Å². The third-order valence-electron chi connectivity index (χ3n) is 9.42. The Labute approximate surface area is 269 Å². The zero-order chi connectivity index (χ0) is 33.6. The molecule has 4 N–H and O–H groups in total. The number of likely N-dealkylation sites (tertiary alicyclic amines) is 1. The van der Waals surface area contributed by atoms with E-state index in [1.165, 1.54) is 17.6 Å². The van der Waals surface area contributed by atoms with Crippen molar-refractivity contribution in [1.82, 2.24) is 20.9 Å². The van der Waals surface area contributed by atoms with Crippen molar-refractivity contribution < 1.29 is 22.3 Å². The van der Waals surface area contributed by atoms with E-state index in [-0.39, 0.29) is 18.4 Å². The number of anilines is 1. The number of hydrogen-bond donors (Lipinski definition) is 4.